The molecule has 3 N–H and O–H groups in total. The molecule has 2 saturated carbocycles. The zero-order valence-corrected chi connectivity index (χ0v) is 18.5. The third kappa shape index (κ3) is 3.79. The molecule has 2 aliphatic carbocycles. The van der Waals surface area contributed by atoms with Gasteiger partial charge in [-0.25, -0.2) is 8.78 Å². The third-order valence-electron chi connectivity index (χ3n) is 7.26. The lowest BCUT2D eigenvalue weighted by atomic mass is 9.66. The van der Waals surface area contributed by atoms with Crippen molar-refractivity contribution in [2.75, 3.05) is 0 Å². The largest absolute Gasteiger partial charge is 0.400 e. The van der Waals surface area contributed by atoms with E-state index in [1.807, 2.05) is 0 Å². The third-order valence-corrected chi connectivity index (χ3v) is 7.26. The minimum atomic E-state index is -4.53. The number of fused-ring (bicyclic) bond motifs is 1. The van der Waals surface area contributed by atoms with Crippen LogP contribution in [-0.2, 0) is 5.41 Å². The molecule has 0 radical (unpaired) electrons. The van der Waals surface area contributed by atoms with Gasteiger partial charge in [-0.05, 0) is 37.8 Å². The van der Waals surface area contributed by atoms with Gasteiger partial charge < -0.3 is 10.7 Å². The lowest BCUT2D eigenvalue weighted by molar-refractivity contribution is -0.214. The highest BCUT2D eigenvalue weighted by Crippen LogP contribution is 2.55. The number of carbonyl (C=O) groups is 1. The standard InChI is InChI=1S/C23H22F5N5O2/c24-22(25)7-2-12(3-8-22)33-15(11-17(32-33)21(5-1-6-21)23(26,27)28)14-10-16(34)18-13(31-14)4-9-30-19(18)20(29)35/h4,9-12H,1-3,5-8H2,(H2,29,35)(H,31,34). The molecule has 0 unspecified atom stereocenters. The molecule has 0 aliphatic heterocycles. The second-order valence-electron chi connectivity index (χ2n) is 9.37. The molecule has 5 rings (SSSR count). The molecule has 0 spiro atoms. The number of halogens is 5. The first-order valence-corrected chi connectivity index (χ1v) is 11.3. The maximum atomic E-state index is 14.1. The van der Waals surface area contributed by atoms with E-state index in [0.717, 1.165) is 6.07 Å². The fraction of sp³-hybridized carbons (Fsp3) is 0.478. The number of primary amides is 1. The molecule has 0 aromatic carbocycles. The van der Waals surface area contributed by atoms with Gasteiger partial charge in [0, 0.05) is 25.1 Å². The van der Waals surface area contributed by atoms with E-state index >= 15 is 0 Å². The van der Waals surface area contributed by atoms with Crippen molar-refractivity contribution in [2.24, 2.45) is 5.73 Å². The van der Waals surface area contributed by atoms with Crippen molar-refractivity contribution in [1.29, 1.82) is 0 Å². The molecular weight excluding hydrogens is 473 g/mol. The van der Waals surface area contributed by atoms with Crippen molar-refractivity contribution < 1.29 is 26.7 Å². The SMILES string of the molecule is NC(=O)c1nccc2[nH]c(-c3cc(C4(C(F)(F)F)CCC4)nn3C3CCC(F)(F)CC3)cc(=O)c12. The summed E-state index contributed by atoms with van der Waals surface area (Å²) in [6.45, 7) is 0. The Morgan fingerprint density at radius 3 is 2.40 bits per heavy atom. The molecule has 2 aliphatic rings. The van der Waals surface area contributed by atoms with Crippen molar-refractivity contribution in [3.63, 3.8) is 0 Å². The van der Waals surface area contributed by atoms with E-state index in [0.29, 0.717) is 6.42 Å². The number of nitrogens with zero attached hydrogens (tertiary/aromatic N) is 3. The summed E-state index contributed by atoms with van der Waals surface area (Å²) in [4.78, 5) is 31.5. The van der Waals surface area contributed by atoms with Gasteiger partial charge in [0.15, 0.2) is 5.43 Å². The first-order valence-electron chi connectivity index (χ1n) is 11.3. The molecule has 186 valence electrons. The van der Waals surface area contributed by atoms with E-state index in [1.165, 1.54) is 23.0 Å². The maximum Gasteiger partial charge on any atom is 0.400 e. The maximum absolute atomic E-state index is 14.1. The van der Waals surface area contributed by atoms with Gasteiger partial charge >= 0.3 is 6.18 Å². The number of aromatic nitrogens is 4. The molecule has 3 heterocycles. The van der Waals surface area contributed by atoms with Crippen molar-refractivity contribution in [2.45, 2.75) is 68.5 Å². The fourth-order valence-electron chi connectivity index (χ4n) is 5.12. The highest BCUT2D eigenvalue weighted by atomic mass is 19.4. The minimum Gasteiger partial charge on any atom is -0.364 e. The Labute approximate surface area is 195 Å². The first kappa shape index (κ1) is 23.4. The number of aromatic amines is 1. The fourth-order valence-corrected chi connectivity index (χ4v) is 5.12. The Kier molecular flexibility index (Phi) is 5.26. The van der Waals surface area contributed by atoms with Crippen LogP contribution in [-0.4, -0.2) is 37.8 Å². The Bertz CT molecular complexity index is 1360. The smallest absolute Gasteiger partial charge is 0.364 e. The van der Waals surface area contributed by atoms with Gasteiger partial charge in [-0.2, -0.15) is 18.3 Å². The molecule has 7 nitrogen and oxygen atoms in total. The summed E-state index contributed by atoms with van der Waals surface area (Å²) in [5, 5.41) is 4.27. The van der Waals surface area contributed by atoms with Crippen LogP contribution in [0.15, 0.2) is 29.2 Å². The number of H-pyrrole nitrogens is 1. The van der Waals surface area contributed by atoms with Crippen LogP contribution in [0.3, 0.4) is 0 Å². The molecule has 1 amide bonds. The van der Waals surface area contributed by atoms with Gasteiger partial charge in [-0.1, -0.05) is 6.42 Å². The van der Waals surface area contributed by atoms with Gasteiger partial charge in [-0.3, -0.25) is 19.3 Å². The molecule has 3 aromatic rings. The van der Waals surface area contributed by atoms with Crippen molar-refractivity contribution in [3.05, 3.63) is 46.0 Å². The highest BCUT2D eigenvalue weighted by molar-refractivity contribution is 6.03. The van der Waals surface area contributed by atoms with Crippen LogP contribution >= 0.6 is 0 Å². The minimum absolute atomic E-state index is 0.0354. The van der Waals surface area contributed by atoms with Crippen LogP contribution in [0.1, 0.15) is 67.2 Å². The van der Waals surface area contributed by atoms with E-state index in [1.54, 1.807) is 0 Å². The number of hydrogen-bond donors (Lipinski definition) is 2. The van der Waals surface area contributed by atoms with E-state index in [4.69, 9.17) is 5.73 Å². The number of hydrogen-bond acceptors (Lipinski definition) is 4. The van der Waals surface area contributed by atoms with Crippen LogP contribution < -0.4 is 11.2 Å². The summed E-state index contributed by atoms with van der Waals surface area (Å²) in [5.74, 6) is -3.73. The van der Waals surface area contributed by atoms with Gasteiger partial charge in [0.2, 0.25) is 5.92 Å². The van der Waals surface area contributed by atoms with Gasteiger partial charge in [0.1, 0.15) is 11.1 Å². The van der Waals surface area contributed by atoms with Gasteiger partial charge in [-0.15, -0.1) is 0 Å². The average molecular weight is 495 g/mol. The van der Waals surface area contributed by atoms with Crippen LogP contribution in [0.4, 0.5) is 22.0 Å². The Hall–Kier alpha value is -3.31. The van der Waals surface area contributed by atoms with Crippen molar-refractivity contribution in [1.82, 2.24) is 19.7 Å². The molecule has 3 aromatic heterocycles. The number of nitrogens with two attached hydrogens (primary N) is 1. The molecule has 0 atom stereocenters. The van der Waals surface area contributed by atoms with E-state index in [9.17, 15) is 31.5 Å². The lowest BCUT2D eigenvalue weighted by Crippen LogP contribution is -2.48. The summed E-state index contributed by atoms with van der Waals surface area (Å²) in [6.07, 6.45) is -3.82. The predicted molar refractivity (Wildman–Crippen MR) is 116 cm³/mol. The summed E-state index contributed by atoms with van der Waals surface area (Å²) in [6, 6.07) is 3.33. The quantitative estimate of drug-likeness (QED) is 0.515. The van der Waals surface area contributed by atoms with Crippen molar-refractivity contribution >= 4 is 16.8 Å². The summed E-state index contributed by atoms with van der Waals surface area (Å²) in [5.41, 5.74) is 2.77. The molecule has 12 heteroatoms. The highest BCUT2D eigenvalue weighted by Gasteiger charge is 2.61. The van der Waals surface area contributed by atoms with E-state index in [2.05, 4.69) is 15.1 Å². The van der Waals surface area contributed by atoms with Gasteiger partial charge in [0.25, 0.3) is 5.91 Å². The molecule has 0 bridgehead atoms. The lowest BCUT2D eigenvalue weighted by Gasteiger charge is -2.41. The van der Waals surface area contributed by atoms with Crippen LogP contribution in [0.2, 0.25) is 0 Å². The van der Waals surface area contributed by atoms with Crippen LogP contribution in [0.25, 0.3) is 22.3 Å². The number of carbonyl (C=O) groups excluding carboxylic acids is 1. The normalized spacial score (nSPS) is 20.0. The van der Waals surface area contributed by atoms with Crippen LogP contribution in [0, 0.1) is 0 Å². The Morgan fingerprint density at radius 1 is 1.14 bits per heavy atom. The topological polar surface area (TPSA) is 107 Å². The predicted octanol–water partition coefficient (Wildman–Crippen LogP) is 4.62. The summed E-state index contributed by atoms with van der Waals surface area (Å²) in [7, 11) is 0. The molecule has 35 heavy (non-hydrogen) atoms. The summed E-state index contributed by atoms with van der Waals surface area (Å²) < 4.78 is 71.1. The first-order chi connectivity index (χ1) is 16.4. The average Bonchev–Trinajstić information content (AvgIpc) is 3.16. The monoisotopic (exact) mass is 495 g/mol. The molecule has 0 saturated heterocycles. The number of pyridine rings is 2. The number of amides is 1. The number of alkyl halides is 5. The Morgan fingerprint density at radius 2 is 1.83 bits per heavy atom. The van der Waals surface area contributed by atoms with E-state index < -0.39 is 47.7 Å². The zero-order valence-electron chi connectivity index (χ0n) is 18.5. The number of nitrogens with one attached hydrogen (secondary N) is 1. The Balaban J connectivity index is 1.68. The molecule has 2 fully saturated rings. The second-order valence-corrected chi connectivity index (χ2v) is 9.37. The number of rotatable bonds is 4. The van der Waals surface area contributed by atoms with Crippen LogP contribution in [0.5, 0.6) is 0 Å². The van der Waals surface area contributed by atoms with Gasteiger partial charge in [0.05, 0.1) is 34.0 Å². The van der Waals surface area contributed by atoms with E-state index in [-0.39, 0.29) is 59.4 Å². The zero-order chi connectivity index (χ0) is 25.2. The molecular formula is C23H22F5N5O2. The summed E-state index contributed by atoms with van der Waals surface area (Å²) >= 11 is 0. The van der Waals surface area contributed by atoms with Crippen molar-refractivity contribution in [3.8, 4) is 11.4 Å². The second kappa shape index (κ2) is 7.85.